The van der Waals surface area contributed by atoms with E-state index in [4.69, 9.17) is 27.7 Å². The number of likely N-dealkylation sites (N-methyl/N-ethyl adjacent to an activating group) is 1. The summed E-state index contributed by atoms with van der Waals surface area (Å²) in [6, 6.07) is 3.84. The molecule has 30 heteroatoms. The fourth-order valence-electron chi connectivity index (χ4n) is 8.30. The maximum absolute atomic E-state index is 15.6. The zero-order chi connectivity index (χ0) is 55.4. The molecule has 3 heterocycles. The van der Waals surface area contributed by atoms with Crippen LogP contribution in [-0.2, 0) is 69.1 Å². The number of nitrogens with one attached hydrogen (secondary N) is 3. The Morgan fingerprint density at radius 3 is 2.16 bits per heavy atom. The monoisotopic (exact) mass is 1120 g/mol. The van der Waals surface area contributed by atoms with E-state index >= 15 is 8.78 Å². The molecule has 2 aromatic carbocycles. The van der Waals surface area contributed by atoms with Crippen molar-refractivity contribution < 1.29 is 70.3 Å². The molecule has 5 N–H and O–H groups in total. The molecule has 0 radical (unpaired) electrons. The molecule has 3 aromatic heterocycles. The Balaban J connectivity index is 1.63. The van der Waals surface area contributed by atoms with Crippen LogP contribution in [0.3, 0.4) is 0 Å². The summed E-state index contributed by atoms with van der Waals surface area (Å²) in [6.07, 6.45) is -10.6. The highest BCUT2D eigenvalue weighted by atomic mass is 35.5. The number of nitrogens with zero attached hydrogens (tertiary/aromatic N) is 7. The second kappa shape index (κ2) is 20.5. The van der Waals surface area contributed by atoms with Crippen molar-refractivity contribution in [3.05, 3.63) is 93.0 Å². The lowest BCUT2D eigenvalue weighted by atomic mass is 9.93. The highest BCUT2D eigenvalue weighted by Crippen LogP contribution is 2.50. The molecule has 0 saturated carbocycles. The topological polar surface area (TPSA) is 231 Å². The lowest BCUT2D eigenvalue weighted by Crippen LogP contribution is -2.47. The zero-order valence-electron chi connectivity index (χ0n) is 40.0. The van der Waals surface area contributed by atoms with Crippen molar-refractivity contribution >= 4 is 66.1 Å². The number of guanidine groups is 1. The molecule has 3 amide bonds. The van der Waals surface area contributed by atoms with E-state index in [-0.39, 0.29) is 67.7 Å². The second-order valence-electron chi connectivity index (χ2n) is 18.4. The van der Waals surface area contributed by atoms with Gasteiger partial charge in [-0.1, -0.05) is 30.7 Å². The van der Waals surface area contributed by atoms with Crippen LogP contribution in [0.15, 0.2) is 42.5 Å². The number of aryl methyl sites for hydroxylation is 1. The Hall–Kier alpha value is -6.23. The molecule has 0 spiro atoms. The largest absolute Gasteiger partial charge is 0.435 e. The lowest BCUT2D eigenvalue weighted by molar-refractivity contribution is -0.143. The van der Waals surface area contributed by atoms with Gasteiger partial charge in [-0.15, -0.1) is 0 Å². The number of pyridine rings is 1. The van der Waals surface area contributed by atoms with Gasteiger partial charge in [-0.2, -0.15) is 49.6 Å². The summed E-state index contributed by atoms with van der Waals surface area (Å²) in [5.74, 6) is -10.6. The average molecular weight is 1120 g/mol. The number of urea groups is 1. The van der Waals surface area contributed by atoms with Gasteiger partial charge in [-0.05, 0) is 69.4 Å². The average Bonchev–Trinajstić information content (AvgIpc) is 3.86. The van der Waals surface area contributed by atoms with Crippen molar-refractivity contribution in [3.8, 4) is 11.1 Å². The molecule has 5 aromatic rings. The van der Waals surface area contributed by atoms with Gasteiger partial charge >= 0.3 is 18.4 Å². The number of nitrogens with two attached hydrogens (primary N) is 1. The SMILES string of the molecule is C[C@@H]1Cc2c(C(F)(F)F)nn(CC(=O)N[C@@H](Cc3cc(F)cc(F)c3)c3nc(CCC(C)(C)S(C)(=O)=O)ccc3-c3ccc(Cl)c4c(N(C(=O)N(C)CCNC(=N)N)S(C)(=O)=O)nn(CC(F)(F)F)c34)c2C1(F)F. The molecule has 0 saturated heterocycles. The lowest BCUT2D eigenvalue weighted by Gasteiger charge is -2.25. The van der Waals surface area contributed by atoms with Crippen LogP contribution in [0.5, 0.6) is 0 Å². The van der Waals surface area contributed by atoms with E-state index in [1.54, 1.807) is 0 Å². The van der Waals surface area contributed by atoms with E-state index in [2.05, 4.69) is 20.8 Å². The maximum Gasteiger partial charge on any atom is 0.435 e. The normalized spacial score (nSPS) is 15.5. The van der Waals surface area contributed by atoms with Crippen LogP contribution in [0.25, 0.3) is 22.0 Å². The van der Waals surface area contributed by atoms with Gasteiger partial charge in [0.15, 0.2) is 27.3 Å². The van der Waals surface area contributed by atoms with Gasteiger partial charge in [0.2, 0.25) is 15.9 Å². The first-order chi connectivity index (χ1) is 33.9. The van der Waals surface area contributed by atoms with Crippen LogP contribution in [0.4, 0.5) is 54.5 Å². The molecule has 0 bridgehead atoms. The number of halogens is 11. The smallest absolute Gasteiger partial charge is 0.370 e. The van der Waals surface area contributed by atoms with Gasteiger partial charge in [0.05, 0.1) is 38.7 Å². The highest BCUT2D eigenvalue weighted by Gasteiger charge is 2.54. The number of carbonyl (C=O) groups excluding carboxylic acids is 2. The molecule has 1 aliphatic rings. The number of sulfonamides is 1. The van der Waals surface area contributed by atoms with E-state index in [9.17, 15) is 61.5 Å². The molecule has 0 fully saturated rings. The quantitative estimate of drug-likeness (QED) is 0.0412. The first-order valence-electron chi connectivity index (χ1n) is 22.0. The van der Waals surface area contributed by atoms with Crippen LogP contribution < -0.4 is 20.7 Å². The van der Waals surface area contributed by atoms with E-state index < -0.39 is 149 Å². The van der Waals surface area contributed by atoms with Crippen LogP contribution in [0.1, 0.15) is 67.1 Å². The molecule has 74 heavy (non-hydrogen) atoms. The van der Waals surface area contributed by atoms with Gasteiger partial charge in [0, 0.05) is 60.8 Å². The third-order valence-electron chi connectivity index (χ3n) is 12.3. The standard InChI is InChI=1S/C44H48ClF10N11O6S2/c1-22-15-29-36(44(53,54)55)61-64(37(29)43(22,51)52)20-32(67)60-31(18-23-16-24(46)19-25(47)17-23)34-27(8-7-26(59-34)11-12-41(2,3)73(5,69)70)28-9-10-30(45)33-35(28)65(21-42(48,49)50)62-38(33)66(74(6,71)72)40(68)63(4)14-13-58-39(56)57/h7-10,16-17,19,22,31H,11-15,18,20-21H2,1-6H3,(H,60,67)(H4,56,57,58)/t22-,31+/m1/s1. The van der Waals surface area contributed by atoms with Crippen molar-refractivity contribution in [1.82, 2.24) is 40.1 Å². The number of anilines is 1. The Morgan fingerprint density at radius 1 is 0.973 bits per heavy atom. The fraction of sp³-hybridized carbons (Fsp3) is 0.455. The minimum absolute atomic E-state index is 0.0457. The molecule has 6 rings (SSSR count). The third-order valence-corrected chi connectivity index (χ3v) is 15.8. The second-order valence-corrected chi connectivity index (χ2v) is 23.3. The summed E-state index contributed by atoms with van der Waals surface area (Å²) in [5.41, 5.74) is -0.135. The molecule has 1 aliphatic carbocycles. The van der Waals surface area contributed by atoms with Crippen LogP contribution >= 0.6 is 11.6 Å². The number of fused-ring (bicyclic) bond motifs is 2. The van der Waals surface area contributed by atoms with Crippen molar-refractivity contribution in [2.24, 2.45) is 11.7 Å². The first-order valence-corrected chi connectivity index (χ1v) is 26.1. The number of hydrogen-bond donors (Lipinski definition) is 4. The third kappa shape index (κ3) is 12.3. The minimum atomic E-state index is -5.24. The Kier molecular flexibility index (Phi) is 15.8. The number of amides is 3. The minimum Gasteiger partial charge on any atom is -0.370 e. The molecule has 17 nitrogen and oxygen atoms in total. The highest BCUT2D eigenvalue weighted by molar-refractivity contribution is 7.93. The van der Waals surface area contributed by atoms with Crippen molar-refractivity contribution in [2.45, 2.75) is 88.6 Å². The molecular weight excluding hydrogens is 1070 g/mol. The molecule has 0 unspecified atom stereocenters. The summed E-state index contributed by atoms with van der Waals surface area (Å²) < 4.78 is 199. The van der Waals surface area contributed by atoms with E-state index in [1.165, 1.54) is 26.0 Å². The van der Waals surface area contributed by atoms with Crippen molar-refractivity contribution in [3.63, 3.8) is 0 Å². The van der Waals surface area contributed by atoms with E-state index in [1.807, 2.05) is 0 Å². The van der Waals surface area contributed by atoms with Gasteiger partial charge in [0.25, 0.3) is 5.92 Å². The Morgan fingerprint density at radius 2 is 1.59 bits per heavy atom. The number of aromatic nitrogens is 5. The molecule has 0 aliphatic heterocycles. The number of rotatable bonds is 17. The van der Waals surface area contributed by atoms with Crippen LogP contribution in [0, 0.1) is 23.0 Å². The predicted molar refractivity (Wildman–Crippen MR) is 251 cm³/mol. The Bertz CT molecular complexity index is 3240. The number of sulfone groups is 1. The number of hydrogen-bond acceptors (Lipinski definition) is 10. The van der Waals surface area contributed by atoms with Gasteiger partial charge < -0.3 is 21.3 Å². The summed E-state index contributed by atoms with van der Waals surface area (Å²) in [7, 11) is -7.44. The zero-order valence-corrected chi connectivity index (χ0v) is 42.4. The van der Waals surface area contributed by atoms with Gasteiger partial charge in [0.1, 0.15) is 30.4 Å². The summed E-state index contributed by atoms with van der Waals surface area (Å²) >= 11 is 6.68. The van der Waals surface area contributed by atoms with Gasteiger partial charge in [-0.3, -0.25) is 24.6 Å². The predicted octanol–water partition coefficient (Wildman–Crippen LogP) is 7.25. The van der Waals surface area contributed by atoms with Crippen LogP contribution in [-0.4, -0.2) is 108 Å². The van der Waals surface area contributed by atoms with Crippen LogP contribution in [0.2, 0.25) is 5.02 Å². The van der Waals surface area contributed by atoms with Crippen molar-refractivity contribution in [2.75, 3.05) is 37.0 Å². The first kappa shape index (κ1) is 57.1. The van der Waals surface area contributed by atoms with E-state index in [0.29, 0.717) is 12.3 Å². The summed E-state index contributed by atoms with van der Waals surface area (Å²) in [5, 5.41) is 18.6. The molecule has 2 atom stereocenters. The summed E-state index contributed by atoms with van der Waals surface area (Å²) in [6.45, 7) is 0.0353. The maximum atomic E-state index is 15.6. The summed E-state index contributed by atoms with van der Waals surface area (Å²) in [4.78, 5) is 33.7. The fourth-order valence-corrected chi connectivity index (χ4v) is 9.88. The molecule has 404 valence electrons. The van der Waals surface area contributed by atoms with Gasteiger partial charge in [-0.25, -0.2) is 30.4 Å². The Labute approximate surface area is 421 Å². The van der Waals surface area contributed by atoms with E-state index in [0.717, 1.165) is 49.4 Å². The molecular formula is C44H48ClF10N11O6S2. The number of carbonyl (C=O) groups is 2. The number of alkyl halides is 8. The number of benzene rings is 2. The van der Waals surface area contributed by atoms with Crippen molar-refractivity contribution in [1.29, 1.82) is 5.41 Å².